The minimum absolute atomic E-state index is 0.300. The number of ether oxygens (including phenoxy) is 1. The number of nitrogens with zero attached hydrogens (tertiary/aromatic N) is 1. The van der Waals surface area contributed by atoms with Crippen LogP contribution in [0.25, 0.3) is 0 Å². The van der Waals surface area contributed by atoms with E-state index in [0.717, 1.165) is 12.6 Å². The van der Waals surface area contributed by atoms with Crippen molar-refractivity contribution in [3.8, 4) is 0 Å². The smallest absolute Gasteiger partial charge is 0.0770 e. The van der Waals surface area contributed by atoms with Gasteiger partial charge in [0.2, 0.25) is 0 Å². The molecule has 3 saturated heterocycles. The zero-order valence-corrected chi connectivity index (χ0v) is 8.96. The van der Waals surface area contributed by atoms with E-state index in [1.54, 1.807) is 0 Å². The van der Waals surface area contributed by atoms with E-state index in [1.165, 1.54) is 38.8 Å². The van der Waals surface area contributed by atoms with Gasteiger partial charge in [0.15, 0.2) is 0 Å². The fourth-order valence-electron chi connectivity index (χ4n) is 3.54. The van der Waals surface area contributed by atoms with Gasteiger partial charge in [-0.1, -0.05) is 0 Å². The Balaban J connectivity index is 1.80. The fraction of sp³-hybridized carbons (Fsp3) is 1.00. The molecule has 0 saturated carbocycles. The summed E-state index contributed by atoms with van der Waals surface area (Å²) in [4.78, 5) is 2.47. The first-order chi connectivity index (χ1) is 6.78. The van der Waals surface area contributed by atoms with Gasteiger partial charge in [0, 0.05) is 25.7 Å². The van der Waals surface area contributed by atoms with Crippen LogP contribution in [0.15, 0.2) is 0 Å². The molecule has 0 amide bonds. The molecule has 0 aromatic rings. The average molecular weight is 196 g/mol. The number of hydrogen-bond donors (Lipinski definition) is 1. The Kier molecular flexibility index (Phi) is 2.08. The minimum atomic E-state index is 0.300. The zero-order chi connectivity index (χ0) is 9.60. The van der Waals surface area contributed by atoms with Crippen LogP contribution in [-0.4, -0.2) is 49.3 Å². The van der Waals surface area contributed by atoms with Crippen molar-refractivity contribution in [3.05, 3.63) is 0 Å². The van der Waals surface area contributed by atoms with Crippen molar-refractivity contribution >= 4 is 0 Å². The van der Waals surface area contributed by atoms with Crippen molar-refractivity contribution in [2.24, 2.45) is 0 Å². The number of piperazine rings is 1. The molecule has 3 fully saturated rings. The summed E-state index contributed by atoms with van der Waals surface area (Å²) in [6, 6.07) is 0.720. The topological polar surface area (TPSA) is 24.5 Å². The summed E-state index contributed by atoms with van der Waals surface area (Å²) in [6.45, 7) is 3.37. The van der Waals surface area contributed by atoms with Gasteiger partial charge in [0.25, 0.3) is 0 Å². The van der Waals surface area contributed by atoms with E-state index in [0.29, 0.717) is 11.6 Å². The van der Waals surface area contributed by atoms with Crippen LogP contribution < -0.4 is 5.32 Å². The van der Waals surface area contributed by atoms with Gasteiger partial charge in [0.05, 0.1) is 11.6 Å². The Labute approximate surface area is 85.8 Å². The predicted octanol–water partition coefficient (Wildman–Crippen LogP) is 0.602. The number of likely N-dealkylation sites (N-methyl/N-ethyl adjacent to an activating group) is 1. The quantitative estimate of drug-likeness (QED) is 0.665. The first-order valence-electron chi connectivity index (χ1n) is 5.86. The number of likely N-dealkylation sites (tertiary alicyclic amines) is 1. The Hall–Kier alpha value is -0.120. The lowest BCUT2D eigenvalue weighted by molar-refractivity contribution is 0.00591. The molecule has 14 heavy (non-hydrogen) atoms. The van der Waals surface area contributed by atoms with Crippen molar-refractivity contribution in [1.82, 2.24) is 10.2 Å². The summed E-state index contributed by atoms with van der Waals surface area (Å²) >= 11 is 0. The summed E-state index contributed by atoms with van der Waals surface area (Å²) in [7, 11) is 2.24. The molecule has 0 radical (unpaired) electrons. The standard InChI is InChI=1S/C11H20N2O/c1-13-7-9-4-5-11(8-13,12-9)10-3-2-6-14-10/h9-10,12H,2-8H2,1H3/t9-,10+,11+/m1/s1. The molecule has 3 heteroatoms. The monoisotopic (exact) mass is 196 g/mol. The Morgan fingerprint density at radius 2 is 2.36 bits per heavy atom. The van der Waals surface area contributed by atoms with Crippen molar-refractivity contribution in [3.63, 3.8) is 0 Å². The van der Waals surface area contributed by atoms with Crippen molar-refractivity contribution in [2.45, 2.75) is 43.4 Å². The lowest BCUT2D eigenvalue weighted by Gasteiger charge is -2.43. The Morgan fingerprint density at radius 1 is 1.43 bits per heavy atom. The van der Waals surface area contributed by atoms with E-state index in [1.807, 2.05) is 0 Å². The number of nitrogens with one attached hydrogen (secondary N) is 1. The minimum Gasteiger partial charge on any atom is -0.376 e. The summed E-state index contributed by atoms with van der Waals surface area (Å²) in [5, 5.41) is 3.81. The van der Waals surface area contributed by atoms with Crippen LogP contribution in [0.2, 0.25) is 0 Å². The van der Waals surface area contributed by atoms with Gasteiger partial charge in [-0.05, 0) is 32.7 Å². The van der Waals surface area contributed by atoms with E-state index in [-0.39, 0.29) is 0 Å². The molecule has 0 aromatic carbocycles. The first kappa shape index (κ1) is 9.13. The fourth-order valence-corrected chi connectivity index (χ4v) is 3.54. The molecule has 0 aliphatic carbocycles. The molecule has 3 aliphatic rings. The molecule has 0 spiro atoms. The molecule has 80 valence electrons. The van der Waals surface area contributed by atoms with E-state index in [2.05, 4.69) is 17.3 Å². The highest BCUT2D eigenvalue weighted by atomic mass is 16.5. The zero-order valence-electron chi connectivity index (χ0n) is 8.96. The molecule has 3 heterocycles. The number of rotatable bonds is 1. The van der Waals surface area contributed by atoms with Gasteiger partial charge in [0.1, 0.15) is 0 Å². The maximum atomic E-state index is 5.87. The SMILES string of the molecule is CN1C[C@H]2CC[C@@]([C@@H]3CCCO3)(C1)N2. The lowest BCUT2D eigenvalue weighted by atomic mass is 9.88. The molecule has 3 aliphatic heterocycles. The molecule has 0 unspecified atom stereocenters. The van der Waals surface area contributed by atoms with Gasteiger partial charge in [-0.2, -0.15) is 0 Å². The second-order valence-electron chi connectivity index (χ2n) is 5.23. The van der Waals surface area contributed by atoms with Gasteiger partial charge < -0.3 is 15.0 Å². The van der Waals surface area contributed by atoms with Gasteiger partial charge in [-0.15, -0.1) is 0 Å². The lowest BCUT2D eigenvalue weighted by Crippen LogP contribution is -2.63. The molecule has 2 bridgehead atoms. The van der Waals surface area contributed by atoms with Gasteiger partial charge in [-0.25, -0.2) is 0 Å². The third-order valence-corrected chi connectivity index (χ3v) is 4.06. The van der Waals surface area contributed by atoms with Crippen LogP contribution in [0, 0.1) is 0 Å². The molecule has 0 aromatic heterocycles. The highest BCUT2D eigenvalue weighted by Gasteiger charge is 2.49. The van der Waals surface area contributed by atoms with Crippen LogP contribution in [0.1, 0.15) is 25.7 Å². The second-order valence-corrected chi connectivity index (χ2v) is 5.23. The predicted molar refractivity (Wildman–Crippen MR) is 55.4 cm³/mol. The van der Waals surface area contributed by atoms with E-state index in [4.69, 9.17) is 4.74 Å². The van der Waals surface area contributed by atoms with Crippen molar-refractivity contribution in [2.75, 3.05) is 26.7 Å². The van der Waals surface area contributed by atoms with Crippen molar-refractivity contribution < 1.29 is 4.74 Å². The largest absolute Gasteiger partial charge is 0.376 e. The summed E-state index contributed by atoms with van der Waals surface area (Å²) in [5.74, 6) is 0. The van der Waals surface area contributed by atoms with Crippen LogP contribution >= 0.6 is 0 Å². The van der Waals surface area contributed by atoms with Crippen LogP contribution in [0.5, 0.6) is 0 Å². The Morgan fingerprint density at radius 3 is 3.14 bits per heavy atom. The first-order valence-corrected chi connectivity index (χ1v) is 5.86. The summed E-state index contributed by atoms with van der Waals surface area (Å²) in [6.07, 6.45) is 5.64. The summed E-state index contributed by atoms with van der Waals surface area (Å²) in [5.41, 5.74) is 0.300. The molecular formula is C11H20N2O. The van der Waals surface area contributed by atoms with E-state index < -0.39 is 0 Å². The third-order valence-electron chi connectivity index (χ3n) is 4.06. The normalized spacial score (nSPS) is 48.6. The third kappa shape index (κ3) is 1.30. The highest BCUT2D eigenvalue weighted by Crippen LogP contribution is 2.36. The molecule has 3 nitrogen and oxygen atoms in total. The molecule has 3 atom stereocenters. The Bertz CT molecular complexity index is 227. The number of hydrogen-bond acceptors (Lipinski definition) is 3. The van der Waals surface area contributed by atoms with Gasteiger partial charge >= 0.3 is 0 Å². The second kappa shape index (κ2) is 3.19. The maximum Gasteiger partial charge on any atom is 0.0770 e. The van der Waals surface area contributed by atoms with Crippen LogP contribution in [-0.2, 0) is 4.74 Å². The van der Waals surface area contributed by atoms with Crippen LogP contribution in [0.3, 0.4) is 0 Å². The maximum absolute atomic E-state index is 5.87. The molecule has 3 rings (SSSR count). The van der Waals surface area contributed by atoms with Crippen molar-refractivity contribution in [1.29, 1.82) is 0 Å². The van der Waals surface area contributed by atoms with Crippen LogP contribution in [0.4, 0.5) is 0 Å². The highest BCUT2D eigenvalue weighted by molar-refractivity contribution is 5.09. The van der Waals surface area contributed by atoms with E-state index in [9.17, 15) is 0 Å². The van der Waals surface area contributed by atoms with E-state index >= 15 is 0 Å². The molecule has 1 N–H and O–H groups in total. The number of fused-ring (bicyclic) bond motifs is 2. The summed E-state index contributed by atoms with van der Waals surface area (Å²) < 4.78 is 5.87. The average Bonchev–Trinajstić information content (AvgIpc) is 2.74. The molecular weight excluding hydrogens is 176 g/mol. The van der Waals surface area contributed by atoms with Gasteiger partial charge in [-0.3, -0.25) is 0 Å².